The molecule has 21 heavy (non-hydrogen) atoms. The smallest absolute Gasteiger partial charge is 0.238 e. The van der Waals surface area contributed by atoms with Gasteiger partial charge in [-0.1, -0.05) is 24.9 Å². The first-order valence-electron chi connectivity index (χ1n) is 7.92. The summed E-state index contributed by atoms with van der Waals surface area (Å²) in [5, 5.41) is 7.68. The second kappa shape index (κ2) is 6.85. The zero-order chi connectivity index (χ0) is 14.5. The van der Waals surface area contributed by atoms with Gasteiger partial charge in [0.2, 0.25) is 11.7 Å². The lowest BCUT2D eigenvalue weighted by Gasteiger charge is -2.31. The van der Waals surface area contributed by atoms with Crippen molar-refractivity contribution in [2.45, 2.75) is 51.5 Å². The summed E-state index contributed by atoms with van der Waals surface area (Å²) in [6.07, 6.45) is 10.6. The van der Waals surface area contributed by atoms with Gasteiger partial charge in [0.25, 0.3) is 0 Å². The second-order valence-corrected chi connectivity index (χ2v) is 5.76. The van der Waals surface area contributed by atoms with Gasteiger partial charge in [-0.15, -0.1) is 0 Å². The number of imidazole rings is 1. The minimum atomic E-state index is 0.545. The summed E-state index contributed by atoms with van der Waals surface area (Å²) < 4.78 is 5.40. The van der Waals surface area contributed by atoms with E-state index in [1.165, 1.54) is 32.1 Å². The van der Waals surface area contributed by atoms with Gasteiger partial charge in [-0.05, 0) is 31.7 Å². The molecule has 0 aliphatic heterocycles. The molecule has 2 N–H and O–H groups in total. The van der Waals surface area contributed by atoms with Gasteiger partial charge in [0.1, 0.15) is 0 Å². The fourth-order valence-electron chi connectivity index (χ4n) is 3.10. The lowest BCUT2D eigenvalue weighted by molar-refractivity contribution is 0.240. The maximum atomic E-state index is 5.40. The molecule has 3 rings (SSSR count). The summed E-state index contributed by atoms with van der Waals surface area (Å²) >= 11 is 0. The van der Waals surface area contributed by atoms with Crippen molar-refractivity contribution in [3.05, 3.63) is 18.3 Å². The van der Waals surface area contributed by atoms with Crippen LogP contribution in [-0.2, 0) is 6.42 Å². The zero-order valence-electron chi connectivity index (χ0n) is 12.5. The molecule has 0 amide bonds. The highest BCUT2D eigenvalue weighted by Gasteiger charge is 2.26. The number of nitrogens with one attached hydrogen (secondary N) is 2. The summed E-state index contributed by atoms with van der Waals surface area (Å²) in [5.74, 6) is 2.52. The Bertz CT molecular complexity index is 536. The number of aromatic amines is 1. The SMILES string of the molecule is CCCNC1CCCCC1Cc1nc(-c2ncc[nH]2)no1. The Kier molecular flexibility index (Phi) is 4.65. The lowest BCUT2D eigenvalue weighted by atomic mass is 9.82. The topological polar surface area (TPSA) is 79.6 Å². The molecule has 6 nitrogen and oxygen atoms in total. The Balaban J connectivity index is 1.64. The van der Waals surface area contributed by atoms with Gasteiger partial charge in [-0.3, -0.25) is 0 Å². The highest BCUT2D eigenvalue weighted by molar-refractivity contribution is 5.40. The maximum absolute atomic E-state index is 5.40. The first-order valence-corrected chi connectivity index (χ1v) is 7.92. The van der Waals surface area contributed by atoms with Crippen LogP contribution in [0.15, 0.2) is 16.9 Å². The Morgan fingerprint density at radius 1 is 1.38 bits per heavy atom. The fourth-order valence-corrected chi connectivity index (χ4v) is 3.10. The van der Waals surface area contributed by atoms with Crippen LogP contribution >= 0.6 is 0 Å². The molecule has 0 aromatic carbocycles. The van der Waals surface area contributed by atoms with E-state index >= 15 is 0 Å². The van der Waals surface area contributed by atoms with Crippen LogP contribution in [-0.4, -0.2) is 32.7 Å². The minimum Gasteiger partial charge on any atom is -0.342 e. The molecule has 1 fully saturated rings. The summed E-state index contributed by atoms with van der Waals surface area (Å²) in [6, 6.07) is 0.581. The van der Waals surface area contributed by atoms with E-state index < -0.39 is 0 Å². The summed E-state index contributed by atoms with van der Waals surface area (Å²) in [5.41, 5.74) is 0. The van der Waals surface area contributed by atoms with Crippen LogP contribution in [0.25, 0.3) is 11.6 Å². The molecule has 2 unspecified atom stereocenters. The van der Waals surface area contributed by atoms with Crippen molar-refractivity contribution < 1.29 is 4.52 Å². The minimum absolute atomic E-state index is 0.545. The predicted molar refractivity (Wildman–Crippen MR) is 79.6 cm³/mol. The van der Waals surface area contributed by atoms with Crippen molar-refractivity contribution in [2.24, 2.45) is 5.92 Å². The van der Waals surface area contributed by atoms with Crippen LogP contribution in [0.3, 0.4) is 0 Å². The predicted octanol–water partition coefficient (Wildman–Crippen LogP) is 2.56. The fraction of sp³-hybridized carbons (Fsp3) is 0.667. The average Bonchev–Trinajstić information content (AvgIpc) is 3.17. The lowest BCUT2D eigenvalue weighted by Crippen LogP contribution is -2.39. The molecule has 0 radical (unpaired) electrons. The van der Waals surface area contributed by atoms with Gasteiger partial charge < -0.3 is 14.8 Å². The molecule has 114 valence electrons. The van der Waals surface area contributed by atoms with Crippen LogP contribution in [0.4, 0.5) is 0 Å². The van der Waals surface area contributed by atoms with Gasteiger partial charge in [0.05, 0.1) is 0 Å². The monoisotopic (exact) mass is 289 g/mol. The zero-order valence-corrected chi connectivity index (χ0v) is 12.5. The van der Waals surface area contributed by atoms with Crippen molar-refractivity contribution in [3.63, 3.8) is 0 Å². The van der Waals surface area contributed by atoms with E-state index in [-0.39, 0.29) is 0 Å². The van der Waals surface area contributed by atoms with Crippen molar-refractivity contribution in [2.75, 3.05) is 6.54 Å². The van der Waals surface area contributed by atoms with Gasteiger partial charge >= 0.3 is 0 Å². The van der Waals surface area contributed by atoms with Crippen LogP contribution in [0, 0.1) is 5.92 Å². The Labute approximate surface area is 124 Å². The molecule has 0 spiro atoms. The molecule has 6 heteroatoms. The van der Waals surface area contributed by atoms with Crippen molar-refractivity contribution in [1.82, 2.24) is 25.4 Å². The highest BCUT2D eigenvalue weighted by Crippen LogP contribution is 2.27. The number of H-pyrrole nitrogens is 1. The third-order valence-electron chi connectivity index (χ3n) is 4.18. The number of rotatable bonds is 6. The molecule has 1 saturated carbocycles. The molecular weight excluding hydrogens is 266 g/mol. The van der Waals surface area contributed by atoms with Crippen molar-refractivity contribution in [3.8, 4) is 11.6 Å². The van der Waals surface area contributed by atoms with E-state index in [0.29, 0.717) is 23.6 Å². The van der Waals surface area contributed by atoms with Gasteiger partial charge in [0, 0.05) is 24.9 Å². The summed E-state index contributed by atoms with van der Waals surface area (Å²) in [4.78, 5) is 11.6. The van der Waals surface area contributed by atoms with Crippen LogP contribution in [0.1, 0.15) is 44.9 Å². The number of hydrogen-bond acceptors (Lipinski definition) is 5. The van der Waals surface area contributed by atoms with E-state index in [9.17, 15) is 0 Å². The molecule has 1 aliphatic carbocycles. The Hall–Kier alpha value is -1.69. The molecule has 2 aromatic heterocycles. The van der Waals surface area contributed by atoms with Crippen LogP contribution in [0.2, 0.25) is 0 Å². The van der Waals surface area contributed by atoms with Gasteiger partial charge in [-0.2, -0.15) is 4.98 Å². The molecule has 0 bridgehead atoms. The van der Waals surface area contributed by atoms with Crippen molar-refractivity contribution in [1.29, 1.82) is 0 Å². The van der Waals surface area contributed by atoms with E-state index in [0.717, 1.165) is 18.9 Å². The first kappa shape index (κ1) is 14.3. The summed E-state index contributed by atoms with van der Waals surface area (Å²) in [7, 11) is 0. The quantitative estimate of drug-likeness (QED) is 0.854. The third kappa shape index (κ3) is 3.50. The Morgan fingerprint density at radius 3 is 3.10 bits per heavy atom. The normalized spacial score (nSPS) is 22.5. The van der Waals surface area contributed by atoms with Gasteiger partial charge in [0.15, 0.2) is 5.82 Å². The van der Waals surface area contributed by atoms with E-state index in [4.69, 9.17) is 4.52 Å². The number of aromatic nitrogens is 4. The van der Waals surface area contributed by atoms with E-state index in [2.05, 4.69) is 32.3 Å². The third-order valence-corrected chi connectivity index (χ3v) is 4.18. The molecule has 2 heterocycles. The van der Waals surface area contributed by atoms with Crippen molar-refractivity contribution >= 4 is 0 Å². The Morgan fingerprint density at radius 2 is 2.29 bits per heavy atom. The number of hydrogen-bond donors (Lipinski definition) is 2. The summed E-state index contributed by atoms with van der Waals surface area (Å²) in [6.45, 7) is 3.29. The molecular formula is C15H23N5O. The molecule has 1 aliphatic rings. The average molecular weight is 289 g/mol. The van der Waals surface area contributed by atoms with Crippen LogP contribution in [0.5, 0.6) is 0 Å². The van der Waals surface area contributed by atoms with Crippen LogP contribution < -0.4 is 5.32 Å². The maximum Gasteiger partial charge on any atom is 0.238 e. The molecule has 2 aromatic rings. The van der Waals surface area contributed by atoms with E-state index in [1.54, 1.807) is 12.4 Å². The molecule has 0 saturated heterocycles. The number of nitrogens with zero attached hydrogens (tertiary/aromatic N) is 3. The standard InChI is InChI=1S/C15H23N5O/c1-2-7-16-12-6-4-3-5-11(12)10-13-19-15(20-21-13)14-17-8-9-18-14/h8-9,11-12,16H,2-7,10H2,1H3,(H,17,18). The largest absolute Gasteiger partial charge is 0.342 e. The molecule has 2 atom stereocenters. The first-order chi connectivity index (χ1) is 10.4. The highest BCUT2D eigenvalue weighted by atomic mass is 16.5. The van der Waals surface area contributed by atoms with E-state index in [1.807, 2.05) is 0 Å². The van der Waals surface area contributed by atoms with Gasteiger partial charge in [-0.25, -0.2) is 4.98 Å². The second-order valence-electron chi connectivity index (χ2n) is 5.76.